The number of aliphatic hydroxyl groups is 4. The number of para-hydroxylation sites is 1. The van der Waals surface area contributed by atoms with Crippen LogP contribution in [0.4, 0.5) is 11.4 Å². The summed E-state index contributed by atoms with van der Waals surface area (Å²) in [5, 5.41) is 46.6. The van der Waals surface area contributed by atoms with Crippen molar-refractivity contribution in [2.24, 2.45) is 0 Å². The van der Waals surface area contributed by atoms with Gasteiger partial charge in [-0.1, -0.05) is 42.5 Å². The molecule has 1 saturated heterocycles. The van der Waals surface area contributed by atoms with Crippen molar-refractivity contribution < 1.29 is 39.5 Å². The van der Waals surface area contributed by atoms with Crippen LogP contribution in [0.2, 0.25) is 0 Å². The summed E-state index contributed by atoms with van der Waals surface area (Å²) in [7, 11) is 0. The van der Waals surface area contributed by atoms with Gasteiger partial charge in [0.15, 0.2) is 0 Å². The minimum Gasteiger partial charge on any atom is -0.461 e. The van der Waals surface area contributed by atoms with Crippen LogP contribution in [0, 0.1) is 0 Å². The lowest BCUT2D eigenvalue weighted by Gasteiger charge is -2.40. The van der Waals surface area contributed by atoms with Gasteiger partial charge < -0.3 is 50.1 Å². The molecular weight excluding hydrogens is 664 g/mol. The van der Waals surface area contributed by atoms with Crippen LogP contribution in [0.25, 0.3) is 32.6 Å². The summed E-state index contributed by atoms with van der Waals surface area (Å²) in [5.41, 5.74) is 4.24. The zero-order valence-corrected chi connectivity index (χ0v) is 27.2. The molecule has 50 heavy (non-hydrogen) atoms. The maximum Gasteiger partial charge on any atom is 0.274 e. The third kappa shape index (κ3) is 5.65. The van der Waals surface area contributed by atoms with Gasteiger partial charge in [0.05, 0.1) is 17.7 Å². The lowest BCUT2D eigenvalue weighted by Crippen LogP contribution is -2.60. The van der Waals surface area contributed by atoms with Crippen molar-refractivity contribution in [2.45, 2.75) is 42.5 Å². The number of aromatic amines is 2. The molecule has 0 spiro atoms. The van der Waals surface area contributed by atoms with Gasteiger partial charge in [0.1, 0.15) is 41.6 Å². The Morgan fingerprint density at radius 3 is 2.38 bits per heavy atom. The Balaban J connectivity index is 1.10. The SMILES string of the molecule is O=C(Nc1ccc2[nH]c(C(=O)N3CC(Cl)Cc4c3cc(O[C@@H]3O[C@H](CO)[C@H](O)[C@H](O)[C@H]3O)c3ccccc43)cc2c1)c1cc2ccccc2[nH]1. The lowest BCUT2D eigenvalue weighted by atomic mass is 9.93. The Morgan fingerprint density at radius 2 is 1.58 bits per heavy atom. The van der Waals surface area contributed by atoms with Gasteiger partial charge in [-0.3, -0.25) is 9.59 Å². The molecule has 2 aliphatic heterocycles. The highest BCUT2D eigenvalue weighted by Crippen LogP contribution is 2.42. The number of ether oxygens (including phenoxy) is 2. The third-order valence-electron chi connectivity index (χ3n) is 9.41. The first-order valence-electron chi connectivity index (χ1n) is 16.2. The van der Waals surface area contributed by atoms with Gasteiger partial charge in [0, 0.05) is 45.5 Å². The fraction of sp³-hybridized carbons (Fsp3) is 0.243. The monoisotopic (exact) mass is 696 g/mol. The highest BCUT2D eigenvalue weighted by atomic mass is 35.5. The summed E-state index contributed by atoms with van der Waals surface area (Å²) in [5.74, 6) is -0.369. The molecule has 4 aromatic carbocycles. The van der Waals surface area contributed by atoms with Gasteiger partial charge in [-0.15, -0.1) is 11.6 Å². The van der Waals surface area contributed by atoms with Crippen LogP contribution in [0.3, 0.4) is 0 Å². The number of rotatable bonds is 6. The highest BCUT2D eigenvalue weighted by Gasteiger charge is 2.45. The van der Waals surface area contributed by atoms with E-state index in [0.29, 0.717) is 45.5 Å². The molecule has 8 rings (SSSR count). The minimum atomic E-state index is -1.62. The van der Waals surface area contributed by atoms with E-state index in [-0.39, 0.29) is 29.5 Å². The number of H-pyrrole nitrogens is 2. The van der Waals surface area contributed by atoms with E-state index < -0.39 is 37.3 Å². The number of nitrogens with one attached hydrogen (secondary N) is 3. The molecule has 4 heterocycles. The van der Waals surface area contributed by atoms with Crippen LogP contribution >= 0.6 is 11.6 Å². The minimum absolute atomic E-state index is 0.201. The number of amides is 2. The predicted molar refractivity (Wildman–Crippen MR) is 188 cm³/mol. The zero-order valence-electron chi connectivity index (χ0n) is 26.4. The van der Waals surface area contributed by atoms with Gasteiger partial charge in [-0.05, 0) is 53.8 Å². The lowest BCUT2D eigenvalue weighted by molar-refractivity contribution is -0.277. The molecule has 256 valence electrons. The molecule has 6 atom stereocenters. The van der Waals surface area contributed by atoms with E-state index in [1.54, 1.807) is 41.3 Å². The second kappa shape index (κ2) is 12.7. The number of hydrogen-bond acceptors (Lipinski definition) is 8. The first-order valence-corrected chi connectivity index (χ1v) is 16.6. The van der Waals surface area contributed by atoms with E-state index in [4.69, 9.17) is 21.1 Å². The van der Waals surface area contributed by atoms with E-state index in [0.717, 1.165) is 21.9 Å². The maximum absolute atomic E-state index is 14.2. The van der Waals surface area contributed by atoms with Gasteiger partial charge in [-0.2, -0.15) is 0 Å². The smallest absolute Gasteiger partial charge is 0.274 e. The van der Waals surface area contributed by atoms with Crippen LogP contribution < -0.4 is 15.0 Å². The molecule has 0 saturated carbocycles. The van der Waals surface area contributed by atoms with Crippen LogP contribution in [0.5, 0.6) is 5.75 Å². The summed E-state index contributed by atoms with van der Waals surface area (Å²) in [6.07, 6.45) is -6.85. The van der Waals surface area contributed by atoms with E-state index in [9.17, 15) is 30.0 Å². The summed E-state index contributed by atoms with van der Waals surface area (Å²) < 4.78 is 11.8. The molecule has 2 aliphatic rings. The normalized spacial score (nSPS) is 23.7. The van der Waals surface area contributed by atoms with E-state index in [2.05, 4.69) is 15.3 Å². The molecule has 1 unspecified atom stereocenters. The predicted octanol–water partition coefficient (Wildman–Crippen LogP) is 4.04. The molecule has 0 aliphatic carbocycles. The Labute approximate surface area is 289 Å². The standard InChI is InChI=1S/C37H33ClN4O8/c38-20-14-24-22-6-2-3-7-23(22)30(49-37-34(46)33(45)32(44)31(17-43)50-37)15-29(24)42(16-20)36(48)28-13-19-11-21(9-10-26(19)41-28)39-35(47)27-12-18-5-1-4-8-25(18)40-27/h1-13,15,20,31-34,37,40-41,43-46H,14,16-17H2,(H,39,47)/t20?,31-,32+,33+,34-,37-/m1/s1. The number of aliphatic hydroxyl groups excluding tert-OH is 4. The molecule has 7 N–H and O–H groups in total. The van der Waals surface area contributed by atoms with E-state index in [1.807, 2.05) is 48.5 Å². The van der Waals surface area contributed by atoms with Crippen molar-refractivity contribution >= 4 is 67.4 Å². The van der Waals surface area contributed by atoms with Crippen molar-refractivity contribution in [3.8, 4) is 5.75 Å². The number of nitrogens with zero attached hydrogens (tertiary/aromatic N) is 1. The quantitative estimate of drug-likeness (QED) is 0.127. The number of fused-ring (bicyclic) bond motifs is 5. The molecule has 12 nitrogen and oxygen atoms in total. The van der Waals surface area contributed by atoms with Crippen molar-refractivity contribution in [1.29, 1.82) is 0 Å². The second-order valence-electron chi connectivity index (χ2n) is 12.7. The average Bonchev–Trinajstić information content (AvgIpc) is 3.76. The number of halogens is 1. The van der Waals surface area contributed by atoms with Crippen LogP contribution in [-0.4, -0.2) is 91.4 Å². The zero-order chi connectivity index (χ0) is 34.7. The van der Waals surface area contributed by atoms with Gasteiger partial charge in [-0.25, -0.2) is 0 Å². The number of alkyl halides is 1. The topological polar surface area (TPSA) is 180 Å². The van der Waals surface area contributed by atoms with Crippen LogP contribution in [0.15, 0.2) is 84.9 Å². The first kappa shape index (κ1) is 32.3. The molecule has 0 radical (unpaired) electrons. The summed E-state index contributed by atoms with van der Waals surface area (Å²) >= 11 is 6.77. The van der Waals surface area contributed by atoms with Gasteiger partial charge >= 0.3 is 0 Å². The third-order valence-corrected chi connectivity index (χ3v) is 9.70. The molecule has 2 amide bonds. The van der Waals surface area contributed by atoms with E-state index in [1.165, 1.54) is 0 Å². The van der Waals surface area contributed by atoms with Crippen molar-refractivity contribution in [1.82, 2.24) is 9.97 Å². The fourth-order valence-electron chi connectivity index (χ4n) is 6.87. The summed E-state index contributed by atoms with van der Waals surface area (Å²) in [4.78, 5) is 35.2. The molecule has 6 aromatic rings. The van der Waals surface area contributed by atoms with Crippen molar-refractivity contribution in [3.63, 3.8) is 0 Å². The number of aromatic nitrogens is 2. The Bertz CT molecular complexity index is 2230. The Morgan fingerprint density at radius 1 is 0.860 bits per heavy atom. The Hall–Kier alpha value is -4.95. The molecule has 2 aromatic heterocycles. The molecule has 1 fully saturated rings. The molecular formula is C37H33ClN4O8. The largest absolute Gasteiger partial charge is 0.461 e. The Kier molecular flexibility index (Phi) is 8.22. The number of carbonyl (C=O) groups is 2. The number of benzene rings is 4. The van der Waals surface area contributed by atoms with Crippen molar-refractivity contribution in [2.75, 3.05) is 23.4 Å². The second-order valence-corrected chi connectivity index (χ2v) is 13.3. The number of anilines is 2. The van der Waals surface area contributed by atoms with Crippen LogP contribution in [0.1, 0.15) is 26.5 Å². The first-order chi connectivity index (χ1) is 24.2. The van der Waals surface area contributed by atoms with Gasteiger partial charge in [0.25, 0.3) is 11.8 Å². The van der Waals surface area contributed by atoms with Crippen LogP contribution in [-0.2, 0) is 11.2 Å². The maximum atomic E-state index is 14.2. The fourth-order valence-corrected chi connectivity index (χ4v) is 7.16. The number of carbonyl (C=O) groups excluding carboxylic acids is 2. The average molecular weight is 697 g/mol. The number of hydrogen-bond donors (Lipinski definition) is 7. The highest BCUT2D eigenvalue weighted by molar-refractivity contribution is 6.22. The molecule has 13 heteroatoms. The summed E-state index contributed by atoms with van der Waals surface area (Å²) in [6.45, 7) is -0.399. The molecule has 0 bridgehead atoms. The van der Waals surface area contributed by atoms with E-state index >= 15 is 0 Å². The van der Waals surface area contributed by atoms with Gasteiger partial charge in [0.2, 0.25) is 6.29 Å². The van der Waals surface area contributed by atoms with Crippen molar-refractivity contribution in [3.05, 3.63) is 102 Å². The summed E-state index contributed by atoms with van der Waals surface area (Å²) in [6, 6.07) is 25.6.